The maximum Gasteiger partial charge on any atom is 0.0910 e. The van der Waals surface area contributed by atoms with E-state index in [1.807, 2.05) is 12.1 Å². The molecule has 3 heteroatoms. The smallest absolute Gasteiger partial charge is 0.0910 e. The van der Waals surface area contributed by atoms with Crippen LogP contribution in [0, 0.1) is 0 Å². The number of hydrogen-bond acceptors (Lipinski definition) is 1. The van der Waals surface area contributed by atoms with E-state index in [1.54, 1.807) is 6.07 Å². The summed E-state index contributed by atoms with van der Waals surface area (Å²) in [6, 6.07) is 5.49. The summed E-state index contributed by atoms with van der Waals surface area (Å²) in [5.41, 5.74) is 0.305. The molecule has 1 aromatic carbocycles. The zero-order valence-corrected chi connectivity index (χ0v) is 8.69. The SMILES string of the molecule is OC1(c2cc(Cl)ccc2Br)CC1. The van der Waals surface area contributed by atoms with Crippen LogP contribution in [0.5, 0.6) is 0 Å². The summed E-state index contributed by atoms with van der Waals surface area (Å²) in [5, 5.41) is 10.5. The molecule has 0 amide bonds. The van der Waals surface area contributed by atoms with Gasteiger partial charge in [0.05, 0.1) is 5.60 Å². The van der Waals surface area contributed by atoms with Crippen molar-refractivity contribution in [3.8, 4) is 0 Å². The van der Waals surface area contributed by atoms with Crippen LogP contribution in [0.25, 0.3) is 0 Å². The Labute approximate surface area is 84.5 Å². The minimum Gasteiger partial charge on any atom is -0.385 e. The van der Waals surface area contributed by atoms with Gasteiger partial charge in [-0.25, -0.2) is 0 Å². The fourth-order valence-corrected chi connectivity index (χ4v) is 2.03. The number of hydrogen-bond donors (Lipinski definition) is 1. The van der Waals surface area contributed by atoms with Crippen molar-refractivity contribution >= 4 is 27.5 Å². The van der Waals surface area contributed by atoms with Crippen molar-refractivity contribution in [3.05, 3.63) is 33.3 Å². The Hall–Kier alpha value is -0.0500. The maximum atomic E-state index is 9.82. The lowest BCUT2D eigenvalue weighted by Crippen LogP contribution is -2.04. The summed E-state index contributed by atoms with van der Waals surface area (Å²) in [6.45, 7) is 0. The number of aliphatic hydroxyl groups is 1. The van der Waals surface area contributed by atoms with Gasteiger partial charge in [0.2, 0.25) is 0 Å². The fourth-order valence-electron chi connectivity index (χ4n) is 1.24. The number of benzene rings is 1. The van der Waals surface area contributed by atoms with Crippen molar-refractivity contribution in [2.75, 3.05) is 0 Å². The minimum atomic E-state index is -0.607. The van der Waals surface area contributed by atoms with Crippen molar-refractivity contribution in [2.24, 2.45) is 0 Å². The van der Waals surface area contributed by atoms with Crippen molar-refractivity contribution in [1.82, 2.24) is 0 Å². The Morgan fingerprint density at radius 3 is 2.67 bits per heavy atom. The first-order valence-electron chi connectivity index (χ1n) is 3.80. The molecule has 2 rings (SSSR count). The third-order valence-corrected chi connectivity index (χ3v) is 3.08. The average Bonchev–Trinajstić information content (AvgIpc) is 2.75. The quantitative estimate of drug-likeness (QED) is 0.808. The second-order valence-electron chi connectivity index (χ2n) is 3.16. The summed E-state index contributed by atoms with van der Waals surface area (Å²) >= 11 is 9.21. The molecule has 12 heavy (non-hydrogen) atoms. The van der Waals surface area contributed by atoms with E-state index in [2.05, 4.69) is 15.9 Å². The predicted octanol–water partition coefficient (Wildman–Crippen LogP) is 3.08. The van der Waals surface area contributed by atoms with E-state index < -0.39 is 5.60 Å². The molecule has 64 valence electrons. The van der Waals surface area contributed by atoms with Crippen LogP contribution in [0.3, 0.4) is 0 Å². The largest absolute Gasteiger partial charge is 0.385 e. The van der Waals surface area contributed by atoms with Gasteiger partial charge in [-0.2, -0.15) is 0 Å². The van der Waals surface area contributed by atoms with Crippen molar-refractivity contribution in [1.29, 1.82) is 0 Å². The van der Waals surface area contributed by atoms with Gasteiger partial charge in [-0.1, -0.05) is 27.5 Å². The van der Waals surface area contributed by atoms with E-state index in [1.165, 1.54) is 0 Å². The number of halogens is 2. The van der Waals surface area contributed by atoms with E-state index in [-0.39, 0.29) is 0 Å². The third-order valence-electron chi connectivity index (χ3n) is 2.15. The van der Waals surface area contributed by atoms with Crippen LogP contribution in [0.1, 0.15) is 18.4 Å². The van der Waals surface area contributed by atoms with Gasteiger partial charge in [0.15, 0.2) is 0 Å². The molecule has 1 aliphatic rings. The van der Waals surface area contributed by atoms with Crippen molar-refractivity contribution in [2.45, 2.75) is 18.4 Å². The molecule has 0 heterocycles. The Balaban J connectivity index is 2.48. The van der Waals surface area contributed by atoms with Gasteiger partial charge in [0.1, 0.15) is 0 Å². The van der Waals surface area contributed by atoms with E-state index >= 15 is 0 Å². The van der Waals surface area contributed by atoms with Gasteiger partial charge in [0, 0.05) is 9.50 Å². The molecule has 0 aliphatic heterocycles. The van der Waals surface area contributed by atoms with E-state index in [0.717, 1.165) is 22.9 Å². The zero-order chi connectivity index (χ0) is 8.77. The lowest BCUT2D eigenvalue weighted by molar-refractivity contribution is 0.150. The van der Waals surface area contributed by atoms with E-state index in [0.29, 0.717) is 5.02 Å². The average molecular weight is 248 g/mol. The molecule has 1 aromatic rings. The molecule has 1 saturated carbocycles. The molecule has 0 saturated heterocycles. The third kappa shape index (κ3) is 1.39. The maximum absolute atomic E-state index is 9.82. The highest BCUT2D eigenvalue weighted by Crippen LogP contribution is 2.48. The van der Waals surface area contributed by atoms with Crippen LogP contribution in [0.2, 0.25) is 5.02 Å². The van der Waals surface area contributed by atoms with Gasteiger partial charge in [0.25, 0.3) is 0 Å². The van der Waals surface area contributed by atoms with Crippen LogP contribution in [0.4, 0.5) is 0 Å². The molecule has 0 atom stereocenters. The van der Waals surface area contributed by atoms with Crippen LogP contribution >= 0.6 is 27.5 Å². The first-order valence-corrected chi connectivity index (χ1v) is 4.97. The molecule has 1 N–H and O–H groups in total. The van der Waals surface area contributed by atoms with Gasteiger partial charge in [-0.3, -0.25) is 0 Å². The van der Waals surface area contributed by atoms with Crippen LogP contribution in [-0.4, -0.2) is 5.11 Å². The van der Waals surface area contributed by atoms with Gasteiger partial charge >= 0.3 is 0 Å². The lowest BCUT2D eigenvalue weighted by Gasteiger charge is -2.10. The zero-order valence-electron chi connectivity index (χ0n) is 6.35. The second kappa shape index (κ2) is 2.72. The molecule has 1 fully saturated rings. The number of rotatable bonds is 1. The van der Waals surface area contributed by atoms with Gasteiger partial charge < -0.3 is 5.11 Å². The molecule has 0 radical (unpaired) electrons. The highest BCUT2D eigenvalue weighted by molar-refractivity contribution is 9.10. The summed E-state index contributed by atoms with van der Waals surface area (Å²) in [5.74, 6) is 0. The Morgan fingerprint density at radius 1 is 1.42 bits per heavy atom. The molecule has 1 nitrogen and oxygen atoms in total. The first-order chi connectivity index (χ1) is 5.62. The van der Waals surface area contributed by atoms with E-state index in [9.17, 15) is 5.11 Å². The summed E-state index contributed by atoms with van der Waals surface area (Å²) in [6.07, 6.45) is 1.68. The molecule has 0 spiro atoms. The Morgan fingerprint density at radius 2 is 2.08 bits per heavy atom. The highest BCUT2D eigenvalue weighted by Gasteiger charge is 2.43. The van der Waals surface area contributed by atoms with E-state index in [4.69, 9.17) is 11.6 Å². The minimum absolute atomic E-state index is 0.607. The highest BCUT2D eigenvalue weighted by atomic mass is 79.9. The summed E-state index contributed by atoms with van der Waals surface area (Å²) < 4.78 is 0.937. The molecular formula is C9H8BrClO. The van der Waals surface area contributed by atoms with Gasteiger partial charge in [-0.15, -0.1) is 0 Å². The summed E-state index contributed by atoms with van der Waals surface area (Å²) in [7, 11) is 0. The second-order valence-corrected chi connectivity index (χ2v) is 4.45. The van der Waals surface area contributed by atoms with Gasteiger partial charge in [-0.05, 0) is 36.6 Å². The van der Waals surface area contributed by atoms with Crippen molar-refractivity contribution in [3.63, 3.8) is 0 Å². The summed E-state index contributed by atoms with van der Waals surface area (Å²) in [4.78, 5) is 0. The molecular weight excluding hydrogens is 239 g/mol. The Bertz CT molecular complexity index is 320. The topological polar surface area (TPSA) is 20.2 Å². The molecule has 1 aliphatic carbocycles. The van der Waals surface area contributed by atoms with Crippen LogP contribution in [-0.2, 0) is 5.60 Å². The Kier molecular flexibility index (Phi) is 1.94. The monoisotopic (exact) mass is 246 g/mol. The standard InChI is InChI=1S/C9H8BrClO/c10-8-2-1-6(11)5-7(8)9(12)3-4-9/h1-2,5,12H,3-4H2. The predicted molar refractivity (Wildman–Crippen MR) is 52.3 cm³/mol. The fraction of sp³-hybridized carbons (Fsp3) is 0.333. The lowest BCUT2D eigenvalue weighted by atomic mass is 10.1. The molecule has 0 unspecified atom stereocenters. The van der Waals surface area contributed by atoms with Crippen LogP contribution in [0.15, 0.2) is 22.7 Å². The van der Waals surface area contributed by atoms with Crippen molar-refractivity contribution < 1.29 is 5.11 Å². The first kappa shape index (κ1) is 8.54. The molecule has 0 bridgehead atoms. The normalized spacial score (nSPS) is 19.2. The molecule has 0 aromatic heterocycles. The van der Waals surface area contributed by atoms with Crippen LogP contribution < -0.4 is 0 Å².